The van der Waals surface area contributed by atoms with Crippen LogP contribution >= 0.6 is 34.8 Å². The summed E-state index contributed by atoms with van der Waals surface area (Å²) in [5.74, 6) is 0. The zero-order valence-corrected chi connectivity index (χ0v) is 5.89. The maximum Gasteiger partial charge on any atom is 0.193 e. The topological polar surface area (TPSA) is 0 Å². The number of halogens is 5. The zero-order valence-electron chi connectivity index (χ0n) is 3.62. The molecular weight excluding hydrogens is 180 g/mol. The SMILES string of the molecule is FC(Cl)C(Cl)C(F)Cl. The Kier molecular flexibility index (Phi) is 4.04. The van der Waals surface area contributed by atoms with E-state index < -0.39 is 16.6 Å². The monoisotopic (exact) mass is 182 g/mol. The summed E-state index contributed by atoms with van der Waals surface area (Å²) < 4.78 is 23.3. The van der Waals surface area contributed by atoms with Gasteiger partial charge in [-0.2, -0.15) is 0 Å². The molecular formula is C3H3Cl3F2. The van der Waals surface area contributed by atoms with Gasteiger partial charge in [0, 0.05) is 0 Å². The van der Waals surface area contributed by atoms with Gasteiger partial charge < -0.3 is 0 Å². The molecule has 50 valence electrons. The van der Waals surface area contributed by atoms with E-state index in [-0.39, 0.29) is 0 Å². The predicted octanol–water partition coefficient (Wildman–Crippen LogP) is 2.66. The molecule has 0 bridgehead atoms. The summed E-state index contributed by atoms with van der Waals surface area (Å²) in [5.41, 5.74) is -3.85. The van der Waals surface area contributed by atoms with Crippen LogP contribution in [0.3, 0.4) is 0 Å². The van der Waals surface area contributed by atoms with Gasteiger partial charge in [-0.05, 0) is 0 Å². The lowest BCUT2D eigenvalue weighted by molar-refractivity contribution is 0.342. The van der Waals surface area contributed by atoms with Gasteiger partial charge in [0.1, 0.15) is 5.38 Å². The molecule has 0 saturated carbocycles. The first kappa shape index (κ1) is 8.73. The minimum atomic E-state index is -1.93. The Morgan fingerprint density at radius 3 is 1.12 bits per heavy atom. The zero-order chi connectivity index (χ0) is 6.73. The molecule has 0 N–H and O–H groups in total. The quantitative estimate of drug-likeness (QED) is 0.578. The Hall–Kier alpha value is 0.730. The fourth-order valence-corrected chi connectivity index (χ4v) is 0.440. The van der Waals surface area contributed by atoms with E-state index in [4.69, 9.17) is 34.8 Å². The van der Waals surface area contributed by atoms with Crippen molar-refractivity contribution < 1.29 is 8.78 Å². The summed E-state index contributed by atoms with van der Waals surface area (Å²) in [7, 11) is 0. The molecule has 8 heavy (non-hydrogen) atoms. The molecule has 0 rings (SSSR count). The van der Waals surface area contributed by atoms with E-state index in [9.17, 15) is 8.78 Å². The Balaban J connectivity index is 3.46. The summed E-state index contributed by atoms with van der Waals surface area (Å²) in [4.78, 5) is 0. The van der Waals surface area contributed by atoms with Gasteiger partial charge in [0.05, 0.1) is 0 Å². The molecule has 0 aromatic rings. The molecule has 0 aliphatic rings. The van der Waals surface area contributed by atoms with Gasteiger partial charge in [-0.1, -0.05) is 23.2 Å². The Morgan fingerprint density at radius 1 is 0.875 bits per heavy atom. The Bertz CT molecular complexity index is 57.5. The minimum Gasteiger partial charge on any atom is -0.228 e. The van der Waals surface area contributed by atoms with E-state index in [0.717, 1.165) is 0 Å². The van der Waals surface area contributed by atoms with Crippen molar-refractivity contribution in [2.24, 2.45) is 0 Å². The van der Waals surface area contributed by atoms with E-state index in [1.165, 1.54) is 0 Å². The van der Waals surface area contributed by atoms with Crippen LogP contribution in [0.15, 0.2) is 0 Å². The summed E-state index contributed by atoms with van der Waals surface area (Å²) in [6.07, 6.45) is 0. The standard InChI is InChI=1S/C3H3Cl3F2/c4-1(2(5)7)3(6)8/h1-3H. The second kappa shape index (κ2) is 3.70. The molecule has 0 aromatic carbocycles. The summed E-state index contributed by atoms with van der Waals surface area (Å²) in [6, 6.07) is 0. The minimum absolute atomic E-state index is 1.46. The largest absolute Gasteiger partial charge is 0.228 e. The molecule has 0 heterocycles. The molecule has 0 aliphatic carbocycles. The van der Waals surface area contributed by atoms with E-state index >= 15 is 0 Å². The average molecular weight is 183 g/mol. The average Bonchev–Trinajstić information content (AvgIpc) is 1.64. The first-order valence-electron chi connectivity index (χ1n) is 1.76. The van der Waals surface area contributed by atoms with Crippen LogP contribution in [0.1, 0.15) is 0 Å². The fourth-order valence-electron chi connectivity index (χ4n) is 0.110. The van der Waals surface area contributed by atoms with E-state index in [1.54, 1.807) is 0 Å². The third kappa shape index (κ3) is 2.90. The van der Waals surface area contributed by atoms with Crippen molar-refractivity contribution in [2.75, 3.05) is 0 Å². The van der Waals surface area contributed by atoms with E-state index in [1.807, 2.05) is 0 Å². The van der Waals surface area contributed by atoms with Crippen LogP contribution in [0.2, 0.25) is 0 Å². The molecule has 0 spiro atoms. The summed E-state index contributed by atoms with van der Waals surface area (Å²) >= 11 is 14.3. The second-order valence-corrected chi connectivity index (χ2v) is 2.45. The maximum atomic E-state index is 11.7. The molecule has 0 saturated heterocycles. The normalized spacial score (nSPS) is 22.1. The molecule has 0 fully saturated rings. The number of rotatable bonds is 2. The lowest BCUT2D eigenvalue weighted by Gasteiger charge is -2.06. The number of hydrogen-bond acceptors (Lipinski definition) is 0. The van der Waals surface area contributed by atoms with Crippen LogP contribution in [-0.4, -0.2) is 16.6 Å². The van der Waals surface area contributed by atoms with Gasteiger partial charge in [0.25, 0.3) is 0 Å². The third-order valence-corrected chi connectivity index (χ3v) is 1.72. The van der Waals surface area contributed by atoms with Crippen LogP contribution in [0.4, 0.5) is 8.78 Å². The molecule has 2 unspecified atom stereocenters. The fraction of sp³-hybridized carbons (Fsp3) is 1.00. The van der Waals surface area contributed by atoms with Gasteiger partial charge >= 0.3 is 0 Å². The van der Waals surface area contributed by atoms with Gasteiger partial charge in [-0.25, -0.2) is 8.78 Å². The molecule has 0 aliphatic heterocycles. The lowest BCUT2D eigenvalue weighted by Crippen LogP contribution is -2.17. The van der Waals surface area contributed by atoms with Crippen LogP contribution in [0, 0.1) is 0 Å². The van der Waals surface area contributed by atoms with Gasteiger partial charge in [-0.15, -0.1) is 11.6 Å². The van der Waals surface area contributed by atoms with Crippen molar-refractivity contribution in [3.8, 4) is 0 Å². The van der Waals surface area contributed by atoms with Crippen molar-refractivity contribution in [3.63, 3.8) is 0 Å². The third-order valence-electron chi connectivity index (χ3n) is 0.481. The highest BCUT2D eigenvalue weighted by Crippen LogP contribution is 2.19. The van der Waals surface area contributed by atoms with Crippen molar-refractivity contribution in [1.82, 2.24) is 0 Å². The van der Waals surface area contributed by atoms with Crippen LogP contribution in [0.25, 0.3) is 0 Å². The Morgan fingerprint density at radius 2 is 1.12 bits per heavy atom. The molecule has 0 amide bonds. The summed E-state index contributed by atoms with van der Waals surface area (Å²) in [6.45, 7) is 0. The predicted molar refractivity (Wildman–Crippen MR) is 31.1 cm³/mol. The van der Waals surface area contributed by atoms with Crippen molar-refractivity contribution in [1.29, 1.82) is 0 Å². The first-order valence-corrected chi connectivity index (χ1v) is 3.07. The number of hydrogen-bond donors (Lipinski definition) is 0. The highest BCUT2D eigenvalue weighted by Gasteiger charge is 2.23. The summed E-state index contributed by atoms with van der Waals surface area (Å²) in [5, 5.41) is -1.46. The maximum absolute atomic E-state index is 11.7. The van der Waals surface area contributed by atoms with Crippen molar-refractivity contribution >= 4 is 34.8 Å². The van der Waals surface area contributed by atoms with Crippen LogP contribution < -0.4 is 0 Å². The second-order valence-electron chi connectivity index (χ2n) is 1.11. The van der Waals surface area contributed by atoms with Crippen LogP contribution in [0.5, 0.6) is 0 Å². The molecule has 0 aromatic heterocycles. The molecule has 2 atom stereocenters. The highest BCUT2D eigenvalue weighted by atomic mass is 35.5. The van der Waals surface area contributed by atoms with Gasteiger partial charge in [0.2, 0.25) is 0 Å². The number of alkyl halides is 5. The lowest BCUT2D eigenvalue weighted by atomic mass is 10.5. The van der Waals surface area contributed by atoms with Gasteiger partial charge in [-0.3, -0.25) is 0 Å². The molecule has 5 heteroatoms. The first-order chi connectivity index (χ1) is 3.55. The Labute approximate surface area is 60.7 Å². The van der Waals surface area contributed by atoms with E-state index in [0.29, 0.717) is 0 Å². The molecule has 0 nitrogen and oxygen atoms in total. The van der Waals surface area contributed by atoms with E-state index in [2.05, 4.69) is 0 Å². The highest BCUT2D eigenvalue weighted by molar-refractivity contribution is 6.34. The smallest absolute Gasteiger partial charge is 0.193 e. The van der Waals surface area contributed by atoms with Crippen molar-refractivity contribution in [2.45, 2.75) is 16.6 Å². The van der Waals surface area contributed by atoms with Crippen molar-refractivity contribution in [3.05, 3.63) is 0 Å². The van der Waals surface area contributed by atoms with Gasteiger partial charge in [0.15, 0.2) is 11.3 Å². The molecule has 0 radical (unpaired) electrons. The van der Waals surface area contributed by atoms with Crippen LogP contribution in [-0.2, 0) is 0 Å².